The van der Waals surface area contributed by atoms with Crippen LogP contribution in [0.5, 0.6) is 5.75 Å². The van der Waals surface area contributed by atoms with Crippen LogP contribution in [0.4, 0.5) is 5.69 Å². The lowest BCUT2D eigenvalue weighted by atomic mass is 9.91. The number of halogens is 2. The Morgan fingerprint density at radius 2 is 1.58 bits per heavy atom. The van der Waals surface area contributed by atoms with Gasteiger partial charge in [0.2, 0.25) is 0 Å². The number of likely N-dealkylation sites (tertiary alicyclic amines) is 1. The molecule has 2 atom stereocenters. The minimum absolute atomic E-state index is 0.323. The van der Waals surface area contributed by atoms with Crippen molar-refractivity contribution in [2.24, 2.45) is 11.8 Å². The molecule has 0 spiro atoms. The summed E-state index contributed by atoms with van der Waals surface area (Å²) < 4.78 is 5.21. The van der Waals surface area contributed by atoms with Gasteiger partial charge in [-0.25, -0.2) is 4.90 Å². The third kappa shape index (κ3) is 4.04. The molecule has 2 heterocycles. The van der Waals surface area contributed by atoms with Gasteiger partial charge >= 0.3 is 0 Å². The number of nitrogens with zero attached hydrogens (tertiary/aromatic N) is 2. The first kappa shape index (κ1) is 21.7. The van der Waals surface area contributed by atoms with Gasteiger partial charge in [0, 0.05) is 23.7 Å². The molecule has 4 rings (SSSR count). The molecular formula is C24H24Cl2N2O3. The average molecular weight is 459 g/mol. The summed E-state index contributed by atoms with van der Waals surface area (Å²) in [7, 11) is 1.57. The van der Waals surface area contributed by atoms with Crippen molar-refractivity contribution in [3.63, 3.8) is 0 Å². The van der Waals surface area contributed by atoms with Gasteiger partial charge in [0.15, 0.2) is 0 Å². The second kappa shape index (κ2) is 8.56. The second-order valence-electron chi connectivity index (χ2n) is 8.34. The van der Waals surface area contributed by atoms with Gasteiger partial charge in [-0.2, -0.15) is 0 Å². The maximum atomic E-state index is 13.7. The van der Waals surface area contributed by atoms with Gasteiger partial charge < -0.3 is 9.64 Å². The summed E-state index contributed by atoms with van der Waals surface area (Å²) in [6.45, 7) is 5.76. The normalized spacial score (nSPS) is 21.8. The average Bonchev–Trinajstić information content (AvgIpc) is 2.97. The number of hydrogen-bond acceptors (Lipinski definition) is 4. The van der Waals surface area contributed by atoms with Crippen LogP contribution >= 0.6 is 23.2 Å². The number of methoxy groups -OCH3 is 1. The van der Waals surface area contributed by atoms with Crippen LogP contribution < -0.4 is 9.64 Å². The summed E-state index contributed by atoms with van der Waals surface area (Å²) in [4.78, 5) is 30.5. The Hall–Kier alpha value is -2.50. The highest BCUT2D eigenvalue weighted by Crippen LogP contribution is 2.40. The van der Waals surface area contributed by atoms with Crippen LogP contribution in [0.3, 0.4) is 0 Å². The van der Waals surface area contributed by atoms with Crippen LogP contribution in [-0.2, 0) is 9.59 Å². The Labute approximate surface area is 192 Å². The molecule has 162 valence electrons. The summed E-state index contributed by atoms with van der Waals surface area (Å²) in [5.41, 5.74) is 1.74. The SMILES string of the molecule is COc1ccc(N2C(=O)C(c3ccc(Cl)cc3Cl)=C(N3CC(C)CC(C)C3)C2=O)cc1. The fourth-order valence-electron chi connectivity index (χ4n) is 4.56. The fraction of sp³-hybridized carbons (Fsp3) is 0.333. The topological polar surface area (TPSA) is 49.9 Å². The van der Waals surface area contributed by atoms with Crippen molar-refractivity contribution in [1.82, 2.24) is 4.90 Å². The summed E-state index contributed by atoms with van der Waals surface area (Å²) >= 11 is 12.6. The molecule has 2 unspecified atom stereocenters. The summed E-state index contributed by atoms with van der Waals surface area (Å²) in [6.07, 6.45) is 1.09. The molecule has 0 saturated carbocycles. The second-order valence-corrected chi connectivity index (χ2v) is 9.19. The molecule has 0 aromatic heterocycles. The maximum Gasteiger partial charge on any atom is 0.282 e. The molecule has 1 fully saturated rings. The third-order valence-corrected chi connectivity index (χ3v) is 6.32. The van der Waals surface area contributed by atoms with E-state index in [9.17, 15) is 9.59 Å². The zero-order valence-electron chi connectivity index (χ0n) is 17.7. The third-order valence-electron chi connectivity index (χ3n) is 5.78. The molecule has 2 aromatic rings. The van der Waals surface area contributed by atoms with E-state index in [1.807, 2.05) is 4.90 Å². The highest BCUT2D eigenvalue weighted by molar-refractivity contribution is 6.47. The summed E-state index contributed by atoms with van der Waals surface area (Å²) in [6, 6.07) is 11.9. The van der Waals surface area contributed by atoms with Crippen LogP contribution in [0.15, 0.2) is 48.2 Å². The number of hydrogen-bond donors (Lipinski definition) is 0. The van der Waals surface area contributed by atoms with Gasteiger partial charge in [0.05, 0.1) is 23.4 Å². The van der Waals surface area contributed by atoms with Crippen molar-refractivity contribution in [2.45, 2.75) is 20.3 Å². The fourth-order valence-corrected chi connectivity index (χ4v) is 5.06. The zero-order valence-corrected chi connectivity index (χ0v) is 19.2. The molecule has 31 heavy (non-hydrogen) atoms. The first-order valence-electron chi connectivity index (χ1n) is 10.3. The first-order chi connectivity index (χ1) is 14.8. The van der Waals surface area contributed by atoms with Gasteiger partial charge in [-0.15, -0.1) is 0 Å². The van der Waals surface area contributed by atoms with E-state index in [0.717, 1.165) is 6.42 Å². The number of carbonyl (C=O) groups is 2. The smallest absolute Gasteiger partial charge is 0.282 e. The molecule has 0 aliphatic carbocycles. The molecule has 2 aliphatic heterocycles. The van der Waals surface area contributed by atoms with Crippen molar-refractivity contribution in [3.05, 3.63) is 63.8 Å². The van der Waals surface area contributed by atoms with E-state index in [1.165, 1.54) is 4.90 Å². The number of imide groups is 1. The van der Waals surface area contributed by atoms with Crippen LogP contribution in [0, 0.1) is 11.8 Å². The van der Waals surface area contributed by atoms with E-state index in [2.05, 4.69) is 13.8 Å². The van der Waals surface area contributed by atoms with E-state index < -0.39 is 0 Å². The molecular weight excluding hydrogens is 435 g/mol. The Balaban J connectivity index is 1.84. The van der Waals surface area contributed by atoms with Crippen LogP contribution in [-0.4, -0.2) is 36.9 Å². The predicted molar refractivity (Wildman–Crippen MR) is 123 cm³/mol. The molecule has 7 heteroatoms. The largest absolute Gasteiger partial charge is 0.497 e. The monoisotopic (exact) mass is 458 g/mol. The minimum atomic E-state index is -0.389. The van der Waals surface area contributed by atoms with E-state index in [-0.39, 0.29) is 11.8 Å². The standard InChI is InChI=1S/C24H24Cl2N2O3/c1-14-10-15(2)13-27(12-14)22-21(19-9-4-16(25)11-20(19)26)23(29)28(24(22)30)17-5-7-18(31-3)8-6-17/h4-9,11,14-15H,10,12-13H2,1-3H3. The lowest BCUT2D eigenvalue weighted by Crippen LogP contribution is -2.42. The quantitative estimate of drug-likeness (QED) is 0.585. The lowest BCUT2D eigenvalue weighted by molar-refractivity contribution is -0.120. The number of ether oxygens (including phenoxy) is 1. The Morgan fingerprint density at radius 3 is 2.16 bits per heavy atom. The molecule has 0 bridgehead atoms. The van der Waals surface area contributed by atoms with Crippen LogP contribution in [0.2, 0.25) is 10.0 Å². The van der Waals surface area contributed by atoms with Gasteiger partial charge in [-0.1, -0.05) is 43.1 Å². The van der Waals surface area contributed by atoms with Crippen molar-refractivity contribution in [1.29, 1.82) is 0 Å². The molecule has 0 N–H and O–H groups in total. The number of amides is 2. The highest BCUT2D eigenvalue weighted by atomic mass is 35.5. The van der Waals surface area contributed by atoms with E-state index in [0.29, 0.717) is 63.2 Å². The Morgan fingerprint density at radius 1 is 0.935 bits per heavy atom. The maximum absolute atomic E-state index is 13.7. The highest BCUT2D eigenvalue weighted by Gasteiger charge is 2.44. The van der Waals surface area contributed by atoms with Gasteiger partial charge in [-0.3, -0.25) is 9.59 Å². The number of carbonyl (C=O) groups excluding carboxylic acids is 2. The molecule has 2 amide bonds. The van der Waals surface area contributed by atoms with Gasteiger partial charge in [0.25, 0.3) is 11.8 Å². The Kier molecular flexibility index (Phi) is 6.00. The van der Waals surface area contributed by atoms with Crippen molar-refractivity contribution in [2.75, 3.05) is 25.1 Å². The lowest BCUT2D eigenvalue weighted by Gasteiger charge is -2.37. The predicted octanol–water partition coefficient (Wildman–Crippen LogP) is 5.26. The van der Waals surface area contributed by atoms with Crippen LogP contribution in [0.1, 0.15) is 25.8 Å². The molecule has 2 aliphatic rings. The summed E-state index contributed by atoms with van der Waals surface area (Å²) in [5.74, 6) is 0.751. The number of benzene rings is 2. The number of piperidine rings is 1. The molecule has 5 nitrogen and oxygen atoms in total. The minimum Gasteiger partial charge on any atom is -0.497 e. The van der Waals surface area contributed by atoms with Crippen molar-refractivity contribution >= 4 is 46.3 Å². The van der Waals surface area contributed by atoms with Gasteiger partial charge in [0.1, 0.15) is 11.4 Å². The van der Waals surface area contributed by atoms with Crippen LogP contribution in [0.25, 0.3) is 5.57 Å². The van der Waals surface area contributed by atoms with E-state index in [1.54, 1.807) is 49.6 Å². The summed E-state index contributed by atoms with van der Waals surface area (Å²) in [5, 5.41) is 0.815. The molecule has 1 saturated heterocycles. The van der Waals surface area contributed by atoms with E-state index >= 15 is 0 Å². The molecule has 0 radical (unpaired) electrons. The zero-order chi connectivity index (χ0) is 22.3. The number of anilines is 1. The van der Waals surface area contributed by atoms with Gasteiger partial charge in [-0.05, 0) is 54.7 Å². The van der Waals surface area contributed by atoms with E-state index in [4.69, 9.17) is 27.9 Å². The first-order valence-corrected chi connectivity index (χ1v) is 11.0. The number of rotatable bonds is 4. The van der Waals surface area contributed by atoms with Crippen molar-refractivity contribution < 1.29 is 14.3 Å². The van der Waals surface area contributed by atoms with Crippen molar-refractivity contribution in [3.8, 4) is 5.75 Å². The Bertz CT molecular complexity index is 1050. The molecule has 2 aromatic carbocycles.